The monoisotopic (exact) mass is 222 g/mol. The summed E-state index contributed by atoms with van der Waals surface area (Å²) in [5.74, 6) is 0. The molecule has 1 rings (SSSR count). The van der Waals surface area contributed by atoms with Gasteiger partial charge in [0.05, 0.1) is 0 Å². The molecule has 0 atom stereocenters. The SMILES string of the molecule is Cc1nc(=O)n(C(C)(C)C)cc1C(C)(C)C. The summed E-state index contributed by atoms with van der Waals surface area (Å²) >= 11 is 0. The highest BCUT2D eigenvalue weighted by atomic mass is 16.1. The molecule has 1 aromatic heterocycles. The Morgan fingerprint density at radius 1 is 1.12 bits per heavy atom. The van der Waals surface area contributed by atoms with E-state index in [1.54, 1.807) is 4.57 Å². The molecule has 0 bridgehead atoms. The van der Waals surface area contributed by atoms with Gasteiger partial charge in [0.15, 0.2) is 0 Å². The van der Waals surface area contributed by atoms with Gasteiger partial charge >= 0.3 is 5.69 Å². The molecule has 16 heavy (non-hydrogen) atoms. The molecule has 0 aliphatic rings. The van der Waals surface area contributed by atoms with Gasteiger partial charge < -0.3 is 0 Å². The van der Waals surface area contributed by atoms with Crippen molar-refractivity contribution in [3.8, 4) is 0 Å². The van der Waals surface area contributed by atoms with Crippen molar-refractivity contribution >= 4 is 0 Å². The van der Waals surface area contributed by atoms with E-state index < -0.39 is 0 Å². The van der Waals surface area contributed by atoms with Gasteiger partial charge in [0.1, 0.15) is 0 Å². The van der Waals surface area contributed by atoms with Crippen LogP contribution in [0.3, 0.4) is 0 Å². The Kier molecular flexibility index (Phi) is 3.01. The van der Waals surface area contributed by atoms with E-state index in [1.165, 1.54) is 0 Å². The smallest absolute Gasteiger partial charge is 0.294 e. The quantitative estimate of drug-likeness (QED) is 0.676. The fourth-order valence-corrected chi connectivity index (χ4v) is 1.75. The number of aromatic nitrogens is 2. The Morgan fingerprint density at radius 3 is 2.00 bits per heavy atom. The van der Waals surface area contributed by atoms with Crippen molar-refractivity contribution in [1.29, 1.82) is 0 Å². The minimum atomic E-state index is -0.224. The Bertz CT molecular complexity index is 444. The van der Waals surface area contributed by atoms with Crippen LogP contribution in [0.2, 0.25) is 0 Å². The molecule has 3 nitrogen and oxygen atoms in total. The summed E-state index contributed by atoms with van der Waals surface area (Å²) in [7, 11) is 0. The van der Waals surface area contributed by atoms with Gasteiger partial charge in [-0.25, -0.2) is 4.79 Å². The maximum absolute atomic E-state index is 11.8. The largest absolute Gasteiger partial charge is 0.348 e. The molecule has 3 heteroatoms. The van der Waals surface area contributed by atoms with Gasteiger partial charge in [-0.2, -0.15) is 4.98 Å². The highest BCUT2D eigenvalue weighted by Gasteiger charge is 2.22. The second-order valence-electron chi connectivity index (χ2n) is 6.31. The highest BCUT2D eigenvalue weighted by Crippen LogP contribution is 2.24. The first-order valence-corrected chi connectivity index (χ1v) is 5.65. The molecule has 0 saturated carbocycles. The minimum absolute atomic E-state index is 0.0117. The van der Waals surface area contributed by atoms with Crippen LogP contribution >= 0.6 is 0 Å². The van der Waals surface area contributed by atoms with Crippen molar-refractivity contribution in [3.05, 3.63) is 27.9 Å². The van der Waals surface area contributed by atoms with Gasteiger partial charge in [0, 0.05) is 17.4 Å². The Morgan fingerprint density at radius 2 is 1.62 bits per heavy atom. The topological polar surface area (TPSA) is 34.9 Å². The van der Waals surface area contributed by atoms with Crippen molar-refractivity contribution in [2.45, 2.75) is 59.4 Å². The third kappa shape index (κ3) is 2.52. The fourth-order valence-electron chi connectivity index (χ4n) is 1.75. The molecular weight excluding hydrogens is 200 g/mol. The standard InChI is InChI=1S/C13H22N2O/c1-9-10(12(2,3)4)8-15(11(16)14-9)13(5,6)7/h8H,1-7H3. The van der Waals surface area contributed by atoms with Crippen molar-refractivity contribution in [2.24, 2.45) is 0 Å². The van der Waals surface area contributed by atoms with Crippen LogP contribution in [0.1, 0.15) is 52.8 Å². The summed E-state index contributed by atoms with van der Waals surface area (Å²) in [5.41, 5.74) is 1.58. The Hall–Kier alpha value is -1.12. The second kappa shape index (κ2) is 3.72. The normalized spacial score (nSPS) is 12.9. The Labute approximate surface area is 97.5 Å². The number of hydrogen-bond donors (Lipinski definition) is 0. The minimum Gasteiger partial charge on any atom is -0.294 e. The summed E-state index contributed by atoms with van der Waals surface area (Å²) in [6.45, 7) is 14.3. The molecule has 90 valence electrons. The number of rotatable bonds is 0. The lowest BCUT2D eigenvalue weighted by molar-refractivity contribution is 0.370. The van der Waals surface area contributed by atoms with Gasteiger partial charge in [0.2, 0.25) is 0 Å². The molecule has 0 amide bonds. The van der Waals surface area contributed by atoms with Crippen molar-refractivity contribution in [2.75, 3.05) is 0 Å². The summed E-state index contributed by atoms with van der Waals surface area (Å²) in [6.07, 6.45) is 1.95. The average Bonchev–Trinajstić information content (AvgIpc) is 1.97. The molecule has 1 heterocycles. The van der Waals surface area contributed by atoms with Gasteiger partial charge in [-0.05, 0) is 38.7 Å². The third-order valence-electron chi connectivity index (χ3n) is 2.65. The van der Waals surface area contributed by atoms with E-state index >= 15 is 0 Å². The maximum Gasteiger partial charge on any atom is 0.348 e. The van der Waals surface area contributed by atoms with Crippen molar-refractivity contribution in [3.63, 3.8) is 0 Å². The van der Waals surface area contributed by atoms with Crippen LogP contribution in [0.4, 0.5) is 0 Å². The van der Waals surface area contributed by atoms with Gasteiger partial charge in [0.25, 0.3) is 0 Å². The van der Waals surface area contributed by atoms with E-state index in [-0.39, 0.29) is 16.6 Å². The first-order valence-electron chi connectivity index (χ1n) is 5.65. The van der Waals surface area contributed by atoms with E-state index in [9.17, 15) is 4.79 Å². The summed E-state index contributed by atoms with van der Waals surface area (Å²) in [6, 6.07) is 0. The zero-order valence-electron chi connectivity index (χ0n) is 11.4. The molecule has 0 aliphatic heterocycles. The number of nitrogens with zero attached hydrogens (tertiary/aromatic N) is 2. The predicted octanol–water partition coefficient (Wildman–Crippen LogP) is 2.60. The average molecular weight is 222 g/mol. The third-order valence-corrected chi connectivity index (χ3v) is 2.65. The van der Waals surface area contributed by atoms with Crippen LogP contribution in [0, 0.1) is 6.92 Å². The summed E-state index contributed by atoms with van der Waals surface area (Å²) < 4.78 is 1.71. The van der Waals surface area contributed by atoms with Crippen LogP contribution in [-0.2, 0) is 11.0 Å². The van der Waals surface area contributed by atoms with E-state index in [0.717, 1.165) is 11.3 Å². The van der Waals surface area contributed by atoms with E-state index in [4.69, 9.17) is 0 Å². The van der Waals surface area contributed by atoms with Crippen LogP contribution in [0.15, 0.2) is 11.0 Å². The lowest BCUT2D eigenvalue weighted by Gasteiger charge is -2.27. The summed E-state index contributed by atoms with van der Waals surface area (Å²) in [5, 5.41) is 0. The zero-order chi connectivity index (χ0) is 12.7. The van der Waals surface area contributed by atoms with Gasteiger partial charge in [-0.15, -0.1) is 0 Å². The van der Waals surface area contributed by atoms with Crippen molar-refractivity contribution in [1.82, 2.24) is 9.55 Å². The van der Waals surface area contributed by atoms with Crippen LogP contribution in [0.5, 0.6) is 0 Å². The molecule has 0 aliphatic carbocycles. The van der Waals surface area contributed by atoms with Crippen LogP contribution in [-0.4, -0.2) is 9.55 Å². The van der Waals surface area contributed by atoms with Crippen LogP contribution < -0.4 is 5.69 Å². The van der Waals surface area contributed by atoms with Gasteiger partial charge in [-0.1, -0.05) is 20.8 Å². The van der Waals surface area contributed by atoms with Gasteiger partial charge in [-0.3, -0.25) is 4.57 Å². The summed E-state index contributed by atoms with van der Waals surface area (Å²) in [4.78, 5) is 15.9. The molecule has 0 fully saturated rings. The first-order chi connectivity index (χ1) is 7.03. The molecule has 0 saturated heterocycles. The van der Waals surface area contributed by atoms with E-state index in [0.29, 0.717) is 0 Å². The molecule has 0 unspecified atom stereocenters. The van der Waals surface area contributed by atoms with E-state index in [1.807, 2.05) is 33.9 Å². The maximum atomic E-state index is 11.8. The van der Waals surface area contributed by atoms with E-state index in [2.05, 4.69) is 25.8 Å². The molecule has 0 spiro atoms. The molecule has 0 aromatic carbocycles. The second-order valence-corrected chi connectivity index (χ2v) is 6.31. The molecular formula is C13H22N2O. The van der Waals surface area contributed by atoms with Crippen LogP contribution in [0.25, 0.3) is 0 Å². The molecule has 0 N–H and O–H groups in total. The lowest BCUT2D eigenvalue weighted by Crippen LogP contribution is -2.37. The fraction of sp³-hybridized carbons (Fsp3) is 0.692. The lowest BCUT2D eigenvalue weighted by atomic mass is 9.87. The predicted molar refractivity (Wildman–Crippen MR) is 66.9 cm³/mol. The first kappa shape index (κ1) is 12.9. The Balaban J connectivity index is 3.52. The van der Waals surface area contributed by atoms with Crippen molar-refractivity contribution < 1.29 is 0 Å². The number of hydrogen-bond acceptors (Lipinski definition) is 2. The molecule has 1 aromatic rings. The molecule has 0 radical (unpaired) electrons. The highest BCUT2D eigenvalue weighted by molar-refractivity contribution is 5.23. The number of aryl methyl sites for hydroxylation is 1. The zero-order valence-corrected chi connectivity index (χ0v) is 11.4.